The normalized spacial score (nSPS) is 12.0. The van der Waals surface area contributed by atoms with Crippen molar-refractivity contribution >= 4 is 18.1 Å². The number of aromatic nitrogens is 2. The minimum Gasteiger partial charge on any atom is -0.435 e. The van der Waals surface area contributed by atoms with E-state index in [1.807, 2.05) is 30.3 Å². The zero-order valence-electron chi connectivity index (χ0n) is 14.5. The van der Waals surface area contributed by atoms with E-state index in [0.717, 1.165) is 5.69 Å². The monoisotopic (exact) mass is 405 g/mol. The summed E-state index contributed by atoms with van der Waals surface area (Å²) in [6.07, 6.45) is 0.477. The van der Waals surface area contributed by atoms with Crippen molar-refractivity contribution in [3.8, 4) is 11.4 Å². The summed E-state index contributed by atoms with van der Waals surface area (Å²) < 4.78 is 30.6. The van der Waals surface area contributed by atoms with Gasteiger partial charge in [-0.2, -0.15) is 8.78 Å². The van der Waals surface area contributed by atoms with Gasteiger partial charge in [-0.1, -0.05) is 30.3 Å². The molecule has 1 unspecified atom stereocenters. The highest BCUT2D eigenvalue weighted by Gasteiger charge is 2.16. The molecule has 0 bridgehead atoms. The van der Waals surface area contributed by atoms with E-state index in [-0.39, 0.29) is 12.3 Å². The van der Waals surface area contributed by atoms with Gasteiger partial charge in [0.1, 0.15) is 11.4 Å². The summed E-state index contributed by atoms with van der Waals surface area (Å²) in [4.78, 5) is 15.4. The minimum absolute atomic E-state index is 0.0100. The average molecular weight is 405 g/mol. The first-order chi connectivity index (χ1) is 13.5. The van der Waals surface area contributed by atoms with Crippen LogP contribution < -0.4 is 10.1 Å². The molecule has 3 rings (SSSR count). The molecule has 3 aromatic rings. The van der Waals surface area contributed by atoms with Crippen molar-refractivity contribution < 1.29 is 23.4 Å². The van der Waals surface area contributed by atoms with Gasteiger partial charge in [0.15, 0.2) is 4.77 Å². The number of nitrogens with one attached hydrogen (secondary N) is 2. The first-order valence-corrected chi connectivity index (χ1v) is 8.73. The molecule has 6 nitrogen and oxygen atoms in total. The summed E-state index contributed by atoms with van der Waals surface area (Å²) in [5.41, 5.74) is 1.48. The zero-order valence-corrected chi connectivity index (χ0v) is 15.3. The number of imidazole rings is 1. The molecule has 0 saturated carbocycles. The van der Waals surface area contributed by atoms with Crippen LogP contribution in [0, 0.1) is 4.77 Å². The van der Waals surface area contributed by atoms with Crippen LogP contribution in [0.3, 0.4) is 0 Å². The Labute approximate surface area is 164 Å². The number of alkyl halides is 2. The Balaban J connectivity index is 1.67. The molecule has 0 spiro atoms. The number of amides is 1. The van der Waals surface area contributed by atoms with Crippen LogP contribution in [-0.2, 0) is 0 Å². The topological polar surface area (TPSA) is 79.3 Å². The second kappa shape index (κ2) is 8.77. The summed E-state index contributed by atoms with van der Waals surface area (Å²) >= 11 is 5.24. The fourth-order valence-electron chi connectivity index (χ4n) is 2.64. The van der Waals surface area contributed by atoms with Crippen LogP contribution in [0.2, 0.25) is 0 Å². The second-order valence-electron chi connectivity index (χ2n) is 5.82. The number of H-pyrrole nitrogens is 1. The molecule has 1 amide bonds. The summed E-state index contributed by atoms with van der Waals surface area (Å²) in [5.74, 6) is -0.433. The third kappa shape index (κ3) is 4.62. The molecule has 0 aliphatic rings. The molecular weight excluding hydrogens is 388 g/mol. The number of ether oxygens (including phenoxy) is 1. The third-order valence-electron chi connectivity index (χ3n) is 3.97. The lowest BCUT2D eigenvalue weighted by atomic mass is 10.1. The number of aliphatic hydroxyl groups is 1. The number of carbonyl (C=O) groups excluding carboxylic acids is 1. The number of hydrogen-bond donors (Lipinski definition) is 3. The molecule has 3 N–H and O–H groups in total. The van der Waals surface area contributed by atoms with E-state index in [1.54, 1.807) is 4.57 Å². The van der Waals surface area contributed by atoms with Crippen molar-refractivity contribution in [3.63, 3.8) is 0 Å². The van der Waals surface area contributed by atoms with Gasteiger partial charge in [-0.3, -0.25) is 9.36 Å². The molecule has 2 aromatic carbocycles. The van der Waals surface area contributed by atoms with Crippen molar-refractivity contribution in [2.75, 3.05) is 6.54 Å². The van der Waals surface area contributed by atoms with Gasteiger partial charge in [0.25, 0.3) is 5.91 Å². The first-order valence-electron chi connectivity index (χ1n) is 8.32. The van der Waals surface area contributed by atoms with Crippen molar-refractivity contribution in [3.05, 3.63) is 76.8 Å². The summed E-state index contributed by atoms with van der Waals surface area (Å²) in [6.45, 7) is -2.98. The van der Waals surface area contributed by atoms with Crippen molar-refractivity contribution in [1.29, 1.82) is 0 Å². The van der Waals surface area contributed by atoms with Gasteiger partial charge >= 0.3 is 6.61 Å². The predicted molar refractivity (Wildman–Crippen MR) is 101 cm³/mol. The van der Waals surface area contributed by atoms with Crippen LogP contribution in [0.15, 0.2) is 60.8 Å². The Hall–Kier alpha value is -3.04. The molecule has 0 aliphatic heterocycles. The van der Waals surface area contributed by atoms with E-state index in [4.69, 9.17) is 12.2 Å². The Morgan fingerprint density at radius 3 is 2.50 bits per heavy atom. The van der Waals surface area contributed by atoms with Crippen molar-refractivity contribution in [2.45, 2.75) is 12.7 Å². The lowest BCUT2D eigenvalue weighted by Gasteiger charge is -2.14. The van der Waals surface area contributed by atoms with Crippen LogP contribution in [-0.4, -0.2) is 33.7 Å². The Morgan fingerprint density at radius 1 is 1.18 bits per heavy atom. The van der Waals surface area contributed by atoms with Gasteiger partial charge in [-0.05, 0) is 42.0 Å². The SMILES string of the molecule is O=C(NCC(O)c1ccc(OC(F)F)cc1)c1c[nH]c(=S)n1-c1ccccc1. The van der Waals surface area contributed by atoms with E-state index < -0.39 is 18.6 Å². The van der Waals surface area contributed by atoms with Gasteiger partial charge in [0.05, 0.1) is 6.10 Å². The molecule has 146 valence electrons. The molecule has 1 heterocycles. The van der Waals surface area contributed by atoms with Gasteiger partial charge in [-0.15, -0.1) is 0 Å². The van der Waals surface area contributed by atoms with E-state index >= 15 is 0 Å². The van der Waals surface area contributed by atoms with Crippen LogP contribution in [0.4, 0.5) is 8.78 Å². The maximum absolute atomic E-state index is 12.6. The molecule has 9 heteroatoms. The van der Waals surface area contributed by atoms with E-state index in [0.29, 0.717) is 16.0 Å². The van der Waals surface area contributed by atoms with Crippen LogP contribution in [0.25, 0.3) is 5.69 Å². The first kappa shape index (κ1) is 19.7. The van der Waals surface area contributed by atoms with Gasteiger partial charge < -0.3 is 20.1 Å². The molecular formula is C19H17F2N3O3S. The van der Waals surface area contributed by atoms with Gasteiger partial charge in [0, 0.05) is 18.4 Å². The smallest absolute Gasteiger partial charge is 0.387 e. The van der Waals surface area contributed by atoms with Gasteiger partial charge in [-0.25, -0.2) is 0 Å². The third-order valence-corrected chi connectivity index (χ3v) is 4.27. The average Bonchev–Trinajstić information content (AvgIpc) is 3.08. The maximum atomic E-state index is 12.6. The second-order valence-corrected chi connectivity index (χ2v) is 6.21. The van der Waals surface area contributed by atoms with Gasteiger partial charge in [0.2, 0.25) is 0 Å². The number of para-hydroxylation sites is 1. The van der Waals surface area contributed by atoms with Crippen LogP contribution in [0.5, 0.6) is 5.75 Å². The standard InChI is InChI=1S/C19H17F2N3O3S/c20-18(21)27-14-8-6-12(7-9-14)16(25)11-22-17(26)15-10-23-19(28)24(15)13-4-2-1-3-5-13/h1-10,16,18,25H,11H2,(H,22,26)(H,23,28). The molecule has 0 fully saturated rings. The number of aromatic amines is 1. The molecule has 1 atom stereocenters. The van der Waals surface area contributed by atoms with Crippen LogP contribution in [0.1, 0.15) is 22.2 Å². The lowest BCUT2D eigenvalue weighted by Crippen LogP contribution is -2.30. The molecule has 1 aromatic heterocycles. The van der Waals surface area contributed by atoms with E-state index in [9.17, 15) is 18.7 Å². The number of benzene rings is 2. The summed E-state index contributed by atoms with van der Waals surface area (Å²) in [7, 11) is 0. The minimum atomic E-state index is -2.91. The maximum Gasteiger partial charge on any atom is 0.387 e. The number of nitrogens with zero attached hydrogens (tertiary/aromatic N) is 1. The predicted octanol–water partition coefficient (Wildman–Crippen LogP) is 3.60. The number of carbonyl (C=O) groups is 1. The zero-order chi connectivity index (χ0) is 20.1. The number of halogens is 2. The van der Waals surface area contributed by atoms with E-state index in [2.05, 4.69) is 15.0 Å². The highest BCUT2D eigenvalue weighted by atomic mass is 32.1. The summed E-state index contributed by atoms with van der Waals surface area (Å²) in [6, 6.07) is 14.7. The summed E-state index contributed by atoms with van der Waals surface area (Å²) in [5, 5.41) is 12.9. The van der Waals surface area contributed by atoms with Crippen LogP contribution >= 0.6 is 12.2 Å². The van der Waals surface area contributed by atoms with E-state index in [1.165, 1.54) is 30.5 Å². The molecule has 0 aliphatic carbocycles. The number of hydrogen-bond acceptors (Lipinski definition) is 4. The molecule has 28 heavy (non-hydrogen) atoms. The fraction of sp³-hybridized carbons (Fsp3) is 0.158. The Bertz CT molecular complexity index is 988. The largest absolute Gasteiger partial charge is 0.435 e. The lowest BCUT2D eigenvalue weighted by molar-refractivity contribution is -0.0498. The number of rotatable bonds is 7. The molecule has 0 saturated heterocycles. The fourth-order valence-corrected chi connectivity index (χ4v) is 2.90. The highest BCUT2D eigenvalue weighted by Crippen LogP contribution is 2.19. The highest BCUT2D eigenvalue weighted by molar-refractivity contribution is 7.71. The van der Waals surface area contributed by atoms with Crippen molar-refractivity contribution in [1.82, 2.24) is 14.9 Å². The quantitative estimate of drug-likeness (QED) is 0.525. The molecule has 0 radical (unpaired) electrons. The Morgan fingerprint density at radius 2 is 1.86 bits per heavy atom. The van der Waals surface area contributed by atoms with Crippen molar-refractivity contribution in [2.24, 2.45) is 0 Å². The number of aliphatic hydroxyl groups excluding tert-OH is 1. The Kier molecular flexibility index (Phi) is 6.17.